The molecule has 0 fully saturated rings. The van der Waals surface area contributed by atoms with Gasteiger partial charge in [-0.15, -0.1) is 0 Å². The number of rotatable bonds is 3. The van der Waals surface area contributed by atoms with Crippen LogP contribution in [0.3, 0.4) is 0 Å². The average Bonchev–Trinajstić information content (AvgIpc) is 3.04. The van der Waals surface area contributed by atoms with Crippen LogP contribution in [0, 0.1) is 47.2 Å². The van der Waals surface area contributed by atoms with Gasteiger partial charge < -0.3 is 9.80 Å². The summed E-state index contributed by atoms with van der Waals surface area (Å²) in [6.45, 7) is -0.951. The van der Waals surface area contributed by atoms with E-state index in [1.165, 1.54) is 30.6 Å². The van der Waals surface area contributed by atoms with Gasteiger partial charge in [-0.1, -0.05) is 72.3 Å². The van der Waals surface area contributed by atoms with Crippen molar-refractivity contribution in [3.8, 4) is 0 Å². The molecule has 0 saturated heterocycles. The largest absolute Gasteiger partial charge is 0.307 e. The smallest absolute Gasteiger partial charge is 0.147 e. The van der Waals surface area contributed by atoms with E-state index in [2.05, 4.69) is 0 Å². The molecule has 0 spiro atoms. The van der Waals surface area contributed by atoms with E-state index >= 15 is 0 Å². The van der Waals surface area contributed by atoms with Crippen LogP contribution in [0.4, 0.5) is 11.4 Å². The Morgan fingerprint density at radius 3 is 1.61 bits per heavy atom. The topological polar surface area (TPSA) is 6.48 Å². The molecule has 0 bridgehead atoms. The molecule has 2 aromatic carbocycles. The molecule has 1 aliphatic rings. The van der Waals surface area contributed by atoms with E-state index in [-0.39, 0.29) is 32.7 Å². The van der Waals surface area contributed by atoms with Crippen molar-refractivity contribution in [1.82, 2.24) is 0 Å². The molecule has 2 nitrogen and oxygen atoms in total. The molecular weight excluding hydrogens is 387 g/mol. The molecule has 4 heteroatoms. The van der Waals surface area contributed by atoms with E-state index in [0.29, 0.717) is 0 Å². The standard InChI is InChI=1S/C24H30Cl2N2/c1-13(2)24-27(20-16(5)9-14(3)10-17(20)6)22(25)23(26)28(24)21-18(7)11-15(4)12-19(21)8/h9-13,24H,1-8H3/i3D3,7D3,8D3,9D,10D,11D,12D. The van der Waals surface area contributed by atoms with Crippen LogP contribution >= 0.6 is 23.2 Å². The zero-order chi connectivity index (χ0) is 31.9. The van der Waals surface area contributed by atoms with E-state index in [1.807, 2.05) is 0 Å². The highest BCUT2D eigenvalue weighted by Gasteiger charge is 2.42. The van der Waals surface area contributed by atoms with Crippen LogP contribution in [-0.4, -0.2) is 6.17 Å². The van der Waals surface area contributed by atoms with Gasteiger partial charge in [-0.2, -0.15) is 0 Å². The number of benzene rings is 2. The van der Waals surface area contributed by atoms with Crippen LogP contribution in [-0.2, 0) is 0 Å². The van der Waals surface area contributed by atoms with E-state index in [9.17, 15) is 0 Å². The first-order chi connectivity index (χ1) is 18.4. The molecule has 3 rings (SSSR count). The Bertz CT molecular complexity index is 1370. The lowest BCUT2D eigenvalue weighted by molar-refractivity contribution is 0.497. The Morgan fingerprint density at radius 1 is 0.786 bits per heavy atom. The first kappa shape index (κ1) is 9.91. The maximum absolute atomic E-state index is 8.61. The predicted molar refractivity (Wildman–Crippen MR) is 124 cm³/mol. The molecule has 0 aliphatic carbocycles. The van der Waals surface area contributed by atoms with E-state index < -0.39 is 79.2 Å². The summed E-state index contributed by atoms with van der Waals surface area (Å²) in [5, 5.41) is -0.482. The van der Waals surface area contributed by atoms with E-state index in [1.54, 1.807) is 13.8 Å². The number of hydrogen-bond acceptors (Lipinski definition) is 2. The van der Waals surface area contributed by atoms with Gasteiger partial charge in [0.2, 0.25) is 0 Å². The summed E-state index contributed by atoms with van der Waals surface area (Å²) in [6, 6.07) is -1.87. The van der Waals surface area contributed by atoms with Crippen molar-refractivity contribution in [1.29, 1.82) is 0 Å². The molecule has 0 radical (unpaired) electrons. The normalized spacial score (nSPS) is 25.4. The third kappa shape index (κ3) is 3.42. The van der Waals surface area contributed by atoms with Crippen LogP contribution in [0.1, 0.15) is 65.0 Å². The molecule has 28 heavy (non-hydrogen) atoms. The summed E-state index contributed by atoms with van der Waals surface area (Å²) in [7, 11) is 0. The van der Waals surface area contributed by atoms with E-state index in [4.69, 9.17) is 41.0 Å². The number of anilines is 2. The SMILES string of the molecule is [2H]c1c(C)c(N2C(Cl)=C(Cl)N(c3c(C([2H])([2H])[2H])c([2H])c(C)c([2H])c3C([2H])([2H])[2H])C2C(C)C)c(C)c([2H])c1C([2H])([2H])[2H]. The number of hydrogen-bond donors (Lipinski definition) is 0. The molecule has 0 aromatic heterocycles. The van der Waals surface area contributed by atoms with Gasteiger partial charge in [-0.25, -0.2) is 0 Å². The Morgan fingerprint density at radius 2 is 1.21 bits per heavy atom. The van der Waals surface area contributed by atoms with Gasteiger partial charge in [0.15, 0.2) is 0 Å². The highest BCUT2D eigenvalue weighted by atomic mass is 35.5. The van der Waals surface area contributed by atoms with Crippen molar-refractivity contribution in [3.63, 3.8) is 0 Å². The van der Waals surface area contributed by atoms with Crippen LogP contribution < -0.4 is 9.80 Å². The molecule has 1 unspecified atom stereocenters. The van der Waals surface area contributed by atoms with Crippen molar-refractivity contribution in [3.05, 3.63) is 67.9 Å². The molecule has 1 heterocycles. The monoisotopic (exact) mass is 429 g/mol. The minimum atomic E-state index is -2.99. The van der Waals surface area contributed by atoms with Crippen LogP contribution in [0.25, 0.3) is 0 Å². The lowest BCUT2D eigenvalue weighted by atomic mass is 10.00. The van der Waals surface area contributed by atoms with Gasteiger partial charge in [-0.05, 0) is 69.5 Å². The maximum atomic E-state index is 8.61. The van der Waals surface area contributed by atoms with Crippen molar-refractivity contribution in [2.24, 2.45) is 5.92 Å². The molecular formula is C24H30Cl2N2. The average molecular weight is 431 g/mol. The second-order valence-electron chi connectivity index (χ2n) is 7.18. The Balaban J connectivity index is 2.54. The van der Waals surface area contributed by atoms with Crippen LogP contribution in [0.15, 0.2) is 34.5 Å². The summed E-state index contributed by atoms with van der Waals surface area (Å²) in [5.74, 6) is -0.483. The second-order valence-corrected chi connectivity index (χ2v) is 7.89. The lowest BCUT2D eigenvalue weighted by Gasteiger charge is -2.39. The number of nitrogens with zero attached hydrogens (tertiary/aromatic N) is 2. The fraction of sp³-hybridized carbons (Fsp3) is 0.417. The summed E-state index contributed by atoms with van der Waals surface area (Å²) in [4.78, 5) is 2.62. The van der Waals surface area contributed by atoms with Gasteiger partial charge in [0.05, 0.1) is 5.48 Å². The molecule has 1 atom stereocenters. The Hall–Kier alpha value is -1.64. The quantitative estimate of drug-likeness (QED) is 0.467. The molecule has 0 amide bonds. The third-order valence-electron chi connectivity index (χ3n) is 4.63. The molecule has 150 valence electrons. The van der Waals surface area contributed by atoms with Crippen molar-refractivity contribution in [2.75, 3.05) is 9.80 Å². The molecule has 0 N–H and O–H groups in total. The minimum absolute atomic E-state index is 0.126. The Labute approximate surface area is 198 Å². The second kappa shape index (κ2) is 7.65. The Kier molecular flexibility index (Phi) is 2.71. The zero-order valence-corrected chi connectivity index (χ0v) is 17.8. The summed E-state index contributed by atoms with van der Waals surface area (Å²) >= 11 is 13.6. The molecule has 1 aliphatic heterocycles. The highest BCUT2D eigenvalue weighted by molar-refractivity contribution is 6.42. The number of halogens is 2. The van der Waals surface area contributed by atoms with E-state index in [0.717, 1.165) is 0 Å². The molecule has 2 aromatic rings. The van der Waals surface area contributed by atoms with Crippen LogP contribution in [0.2, 0.25) is 0 Å². The zero-order valence-electron chi connectivity index (χ0n) is 29.3. The van der Waals surface area contributed by atoms with Gasteiger partial charge in [-0.3, -0.25) is 0 Å². The fourth-order valence-corrected chi connectivity index (χ4v) is 4.21. The lowest BCUT2D eigenvalue weighted by Crippen LogP contribution is -2.45. The van der Waals surface area contributed by atoms with Gasteiger partial charge in [0.25, 0.3) is 0 Å². The third-order valence-corrected chi connectivity index (χ3v) is 5.45. The van der Waals surface area contributed by atoms with Gasteiger partial charge in [0, 0.05) is 23.7 Å². The summed E-state index contributed by atoms with van der Waals surface area (Å²) in [6.07, 6.45) is -1.05. The predicted octanol–water partition coefficient (Wildman–Crippen LogP) is 7.45. The summed E-state index contributed by atoms with van der Waals surface area (Å²) < 4.78 is 107. The first-order valence-corrected chi connectivity index (χ1v) is 9.53. The maximum Gasteiger partial charge on any atom is 0.147 e. The molecule has 0 saturated carbocycles. The van der Waals surface area contributed by atoms with Crippen molar-refractivity contribution >= 4 is 34.6 Å². The van der Waals surface area contributed by atoms with Crippen LogP contribution in [0.5, 0.6) is 0 Å². The highest BCUT2D eigenvalue weighted by Crippen LogP contribution is 2.47. The van der Waals surface area contributed by atoms with Crippen molar-refractivity contribution < 1.29 is 17.8 Å². The first-order valence-electron chi connectivity index (χ1n) is 15.3. The van der Waals surface area contributed by atoms with Gasteiger partial charge >= 0.3 is 0 Å². The van der Waals surface area contributed by atoms with Crippen molar-refractivity contribution in [2.45, 2.75) is 61.3 Å². The van der Waals surface area contributed by atoms with Gasteiger partial charge in [0.1, 0.15) is 16.5 Å². The minimum Gasteiger partial charge on any atom is -0.307 e. The fourth-order valence-electron chi connectivity index (χ4n) is 3.66. The summed E-state index contributed by atoms with van der Waals surface area (Å²) in [5.41, 5.74) is -1.73.